The molecular formula is C23H17BrClNO3S. The summed E-state index contributed by atoms with van der Waals surface area (Å²) in [7, 11) is 0.343. The molecule has 30 heavy (non-hydrogen) atoms. The molecule has 1 atom stereocenters. The summed E-state index contributed by atoms with van der Waals surface area (Å²) in [5.74, 6) is 0.944. The molecular weight excluding hydrogens is 486 g/mol. The first kappa shape index (κ1) is 20.8. The Kier molecular flexibility index (Phi) is 6.09. The molecule has 4 nitrogen and oxygen atoms in total. The molecule has 0 N–H and O–H groups in total. The zero-order chi connectivity index (χ0) is 21.3. The molecule has 0 spiro atoms. The molecule has 0 bridgehead atoms. The van der Waals surface area contributed by atoms with Crippen LogP contribution in [0.25, 0.3) is 16.6 Å². The van der Waals surface area contributed by atoms with Gasteiger partial charge in [0.05, 0.1) is 39.9 Å². The van der Waals surface area contributed by atoms with Gasteiger partial charge < -0.3 is 4.74 Å². The van der Waals surface area contributed by atoms with Crippen LogP contribution in [-0.2, 0) is 16.6 Å². The van der Waals surface area contributed by atoms with Gasteiger partial charge in [-0.05, 0) is 57.9 Å². The van der Waals surface area contributed by atoms with Crippen LogP contribution < -0.4 is 10.3 Å². The quantitative estimate of drug-likeness (QED) is 0.350. The van der Waals surface area contributed by atoms with Crippen molar-refractivity contribution in [2.75, 3.05) is 7.11 Å². The second-order valence-corrected chi connectivity index (χ2v) is 9.35. The first-order chi connectivity index (χ1) is 14.5. The normalized spacial score (nSPS) is 12.1. The summed E-state index contributed by atoms with van der Waals surface area (Å²) >= 11 is 9.66. The van der Waals surface area contributed by atoms with Crippen molar-refractivity contribution in [2.24, 2.45) is 0 Å². The topological polar surface area (TPSA) is 48.3 Å². The fourth-order valence-electron chi connectivity index (χ4n) is 3.28. The van der Waals surface area contributed by atoms with Crippen molar-refractivity contribution in [1.82, 2.24) is 4.57 Å². The molecule has 0 saturated heterocycles. The minimum Gasteiger partial charge on any atom is -0.495 e. The minimum atomic E-state index is -1.20. The van der Waals surface area contributed by atoms with Gasteiger partial charge >= 0.3 is 0 Å². The molecule has 1 aromatic heterocycles. The molecule has 3 aromatic carbocycles. The van der Waals surface area contributed by atoms with Crippen molar-refractivity contribution < 1.29 is 8.95 Å². The Morgan fingerprint density at radius 2 is 1.80 bits per heavy atom. The molecule has 0 aliphatic heterocycles. The molecule has 0 aliphatic carbocycles. The highest BCUT2D eigenvalue weighted by molar-refractivity contribution is 9.10. The van der Waals surface area contributed by atoms with E-state index < -0.39 is 10.8 Å². The highest BCUT2D eigenvalue weighted by Gasteiger charge is 2.15. The van der Waals surface area contributed by atoms with Crippen molar-refractivity contribution in [3.05, 3.63) is 98.2 Å². The average Bonchev–Trinajstić information content (AvgIpc) is 2.76. The first-order valence-electron chi connectivity index (χ1n) is 9.09. The number of ether oxygens (including phenoxy) is 1. The van der Waals surface area contributed by atoms with Crippen molar-refractivity contribution in [3.63, 3.8) is 0 Å². The van der Waals surface area contributed by atoms with Gasteiger partial charge in [0.2, 0.25) is 0 Å². The van der Waals surface area contributed by atoms with E-state index in [1.165, 1.54) is 6.07 Å². The third-order valence-electron chi connectivity index (χ3n) is 4.73. The number of aromatic nitrogens is 1. The van der Waals surface area contributed by atoms with E-state index in [1.54, 1.807) is 35.9 Å². The van der Waals surface area contributed by atoms with Gasteiger partial charge in [0.1, 0.15) is 5.75 Å². The lowest BCUT2D eigenvalue weighted by molar-refractivity contribution is 0.412. The number of pyridine rings is 1. The number of hydrogen-bond acceptors (Lipinski definition) is 3. The molecule has 0 saturated carbocycles. The number of rotatable bonds is 5. The highest BCUT2D eigenvalue weighted by Crippen LogP contribution is 2.34. The van der Waals surface area contributed by atoms with E-state index in [0.717, 1.165) is 10.9 Å². The molecule has 0 aliphatic rings. The summed E-state index contributed by atoms with van der Waals surface area (Å²) in [4.78, 5) is 13.5. The lowest BCUT2D eigenvalue weighted by Gasteiger charge is -2.15. The van der Waals surface area contributed by atoms with Crippen LogP contribution in [0.4, 0.5) is 0 Å². The third kappa shape index (κ3) is 4.08. The smallest absolute Gasteiger partial charge is 0.255 e. The van der Waals surface area contributed by atoms with E-state index in [-0.39, 0.29) is 5.56 Å². The van der Waals surface area contributed by atoms with Crippen molar-refractivity contribution >= 4 is 49.2 Å². The molecule has 7 heteroatoms. The Bertz CT molecular complexity index is 1320. The van der Waals surface area contributed by atoms with E-state index in [2.05, 4.69) is 15.9 Å². The van der Waals surface area contributed by atoms with E-state index >= 15 is 0 Å². The third-order valence-corrected chi connectivity index (χ3v) is 7.30. The number of halogens is 2. The molecule has 0 amide bonds. The standard InChI is InChI=1S/C23H17BrClNO3S/c1-29-22-12-18(24)19(25)13-21(22)26-20-9-8-17(11-16(20)7-10-23(26)27)30(28)14-15-5-3-2-4-6-15/h2-13H,14H2,1H3. The van der Waals surface area contributed by atoms with Crippen LogP contribution in [0.15, 0.2) is 87.0 Å². The lowest BCUT2D eigenvalue weighted by atomic mass is 10.2. The van der Waals surface area contributed by atoms with Gasteiger partial charge in [-0.3, -0.25) is 13.6 Å². The fraction of sp³-hybridized carbons (Fsp3) is 0.0870. The summed E-state index contributed by atoms with van der Waals surface area (Å²) < 4.78 is 20.6. The Hall–Kier alpha value is -2.41. The SMILES string of the molecule is COc1cc(Br)c(Cl)cc1-n1c(=O)ccc2cc(S(=O)Cc3ccccc3)ccc21. The summed E-state index contributed by atoms with van der Waals surface area (Å²) in [5, 5.41) is 1.27. The molecule has 0 radical (unpaired) electrons. The predicted molar refractivity (Wildman–Crippen MR) is 125 cm³/mol. The Labute approximate surface area is 189 Å². The maximum atomic E-state index is 12.9. The van der Waals surface area contributed by atoms with Gasteiger partial charge in [0.15, 0.2) is 0 Å². The van der Waals surface area contributed by atoms with Crippen LogP contribution in [0.2, 0.25) is 5.02 Å². The monoisotopic (exact) mass is 501 g/mol. The molecule has 152 valence electrons. The van der Waals surface area contributed by atoms with Crippen molar-refractivity contribution in [1.29, 1.82) is 0 Å². The van der Waals surface area contributed by atoms with Crippen molar-refractivity contribution in [3.8, 4) is 11.4 Å². The Morgan fingerprint density at radius 3 is 2.53 bits per heavy atom. The maximum absolute atomic E-state index is 12.9. The second-order valence-electron chi connectivity index (χ2n) is 6.64. The van der Waals surface area contributed by atoms with Gasteiger partial charge in [0.25, 0.3) is 5.56 Å². The average molecular weight is 503 g/mol. The van der Waals surface area contributed by atoms with E-state index in [4.69, 9.17) is 16.3 Å². The van der Waals surface area contributed by atoms with E-state index in [0.29, 0.717) is 37.1 Å². The lowest BCUT2D eigenvalue weighted by Crippen LogP contribution is -2.18. The zero-order valence-electron chi connectivity index (χ0n) is 16.0. The number of methoxy groups -OCH3 is 1. The Balaban J connectivity index is 1.82. The van der Waals surface area contributed by atoms with Crippen LogP contribution in [0, 0.1) is 0 Å². The van der Waals surface area contributed by atoms with Gasteiger partial charge in [-0.15, -0.1) is 0 Å². The summed E-state index contributed by atoms with van der Waals surface area (Å²) in [5.41, 5.74) is 2.02. The zero-order valence-corrected chi connectivity index (χ0v) is 19.1. The summed E-state index contributed by atoms with van der Waals surface area (Å²) in [6.07, 6.45) is 0. The van der Waals surface area contributed by atoms with Crippen LogP contribution >= 0.6 is 27.5 Å². The fourth-order valence-corrected chi connectivity index (χ4v) is 4.90. The number of benzene rings is 3. The second kappa shape index (κ2) is 8.76. The van der Waals surface area contributed by atoms with Crippen LogP contribution in [0.1, 0.15) is 5.56 Å². The number of hydrogen-bond donors (Lipinski definition) is 0. The van der Waals surface area contributed by atoms with Gasteiger partial charge in [-0.25, -0.2) is 0 Å². The molecule has 4 rings (SSSR count). The summed E-state index contributed by atoms with van der Waals surface area (Å²) in [6, 6.07) is 21.8. The largest absolute Gasteiger partial charge is 0.495 e. The van der Waals surface area contributed by atoms with Gasteiger partial charge in [0, 0.05) is 20.8 Å². The van der Waals surface area contributed by atoms with Crippen LogP contribution in [0.3, 0.4) is 0 Å². The molecule has 0 fully saturated rings. The molecule has 1 unspecified atom stereocenters. The first-order valence-corrected chi connectivity index (χ1v) is 11.6. The van der Waals surface area contributed by atoms with E-state index in [9.17, 15) is 9.00 Å². The van der Waals surface area contributed by atoms with Crippen LogP contribution in [0.5, 0.6) is 5.75 Å². The summed E-state index contributed by atoms with van der Waals surface area (Å²) in [6.45, 7) is 0. The van der Waals surface area contributed by atoms with Crippen LogP contribution in [-0.4, -0.2) is 15.9 Å². The van der Waals surface area contributed by atoms with Gasteiger partial charge in [-0.2, -0.15) is 0 Å². The highest BCUT2D eigenvalue weighted by atomic mass is 79.9. The minimum absolute atomic E-state index is 0.211. The predicted octanol–water partition coefficient (Wildman–Crippen LogP) is 5.72. The van der Waals surface area contributed by atoms with Gasteiger partial charge in [-0.1, -0.05) is 41.9 Å². The Morgan fingerprint density at radius 1 is 1.03 bits per heavy atom. The van der Waals surface area contributed by atoms with Crippen molar-refractivity contribution in [2.45, 2.75) is 10.6 Å². The number of fused-ring (bicyclic) bond motifs is 1. The van der Waals surface area contributed by atoms with E-state index in [1.807, 2.05) is 42.5 Å². The molecule has 1 heterocycles. The molecule has 4 aromatic rings. The maximum Gasteiger partial charge on any atom is 0.255 e. The number of nitrogens with zero attached hydrogens (tertiary/aromatic N) is 1.